The van der Waals surface area contributed by atoms with Gasteiger partial charge in [-0.05, 0) is 48.5 Å². The molecule has 2 aromatic rings. The van der Waals surface area contributed by atoms with Crippen LogP contribution < -0.4 is 10.6 Å². The number of hydrogen-bond donors (Lipinski definition) is 2. The number of amides is 1. The van der Waals surface area contributed by atoms with Crippen molar-refractivity contribution >= 4 is 17.4 Å². The van der Waals surface area contributed by atoms with Gasteiger partial charge in [0.25, 0.3) is 5.91 Å². The molecule has 1 aliphatic heterocycles. The first-order valence-corrected chi connectivity index (χ1v) is 6.68. The molecule has 0 saturated carbocycles. The summed E-state index contributed by atoms with van der Waals surface area (Å²) in [5, 5.41) is 5.97. The SMILES string of the molecule is O=C(Nc1ccc(C2=NCCN2)cc1)c1ccc(F)cc1. The fraction of sp³-hybridized carbons (Fsp3) is 0.125. The zero-order chi connectivity index (χ0) is 14.7. The van der Waals surface area contributed by atoms with Crippen molar-refractivity contribution in [2.24, 2.45) is 4.99 Å². The maximum atomic E-state index is 12.8. The van der Waals surface area contributed by atoms with Crippen LogP contribution in [0, 0.1) is 5.82 Å². The van der Waals surface area contributed by atoms with Crippen molar-refractivity contribution in [2.75, 3.05) is 18.4 Å². The van der Waals surface area contributed by atoms with Crippen LogP contribution in [0.1, 0.15) is 15.9 Å². The fourth-order valence-corrected chi connectivity index (χ4v) is 2.11. The third-order valence-electron chi connectivity index (χ3n) is 3.20. The van der Waals surface area contributed by atoms with Gasteiger partial charge in [0.05, 0.1) is 6.54 Å². The third kappa shape index (κ3) is 3.08. The number of anilines is 1. The fourth-order valence-electron chi connectivity index (χ4n) is 2.11. The molecule has 0 spiro atoms. The summed E-state index contributed by atoms with van der Waals surface area (Å²) in [4.78, 5) is 16.3. The zero-order valence-electron chi connectivity index (χ0n) is 11.3. The van der Waals surface area contributed by atoms with Gasteiger partial charge in [-0.1, -0.05) is 0 Å². The molecule has 4 nitrogen and oxygen atoms in total. The van der Waals surface area contributed by atoms with Gasteiger partial charge in [-0.2, -0.15) is 0 Å². The molecule has 1 aliphatic rings. The minimum absolute atomic E-state index is 0.265. The van der Waals surface area contributed by atoms with Crippen LogP contribution >= 0.6 is 0 Å². The summed E-state index contributed by atoms with van der Waals surface area (Å²) in [7, 11) is 0. The molecule has 0 saturated heterocycles. The first-order chi connectivity index (χ1) is 10.2. The lowest BCUT2D eigenvalue weighted by atomic mass is 10.1. The van der Waals surface area contributed by atoms with E-state index in [0.29, 0.717) is 11.3 Å². The first kappa shape index (κ1) is 13.3. The Hall–Kier alpha value is -2.69. The van der Waals surface area contributed by atoms with Crippen LogP contribution in [0.2, 0.25) is 0 Å². The van der Waals surface area contributed by atoms with E-state index in [4.69, 9.17) is 0 Å². The Morgan fingerprint density at radius 3 is 2.43 bits per heavy atom. The van der Waals surface area contributed by atoms with Crippen molar-refractivity contribution in [1.29, 1.82) is 0 Å². The van der Waals surface area contributed by atoms with Gasteiger partial charge in [0.2, 0.25) is 0 Å². The number of carbonyl (C=O) groups is 1. The predicted molar refractivity (Wildman–Crippen MR) is 80.2 cm³/mol. The number of carbonyl (C=O) groups excluding carboxylic acids is 1. The third-order valence-corrected chi connectivity index (χ3v) is 3.20. The summed E-state index contributed by atoms with van der Waals surface area (Å²) in [5.41, 5.74) is 2.10. The summed E-state index contributed by atoms with van der Waals surface area (Å²) < 4.78 is 12.8. The second kappa shape index (κ2) is 5.75. The molecular weight excluding hydrogens is 269 g/mol. The second-order valence-electron chi connectivity index (χ2n) is 4.70. The molecule has 2 aromatic carbocycles. The molecule has 0 aromatic heterocycles. The highest BCUT2D eigenvalue weighted by Crippen LogP contribution is 2.13. The number of nitrogens with zero attached hydrogens (tertiary/aromatic N) is 1. The molecule has 0 atom stereocenters. The van der Waals surface area contributed by atoms with E-state index >= 15 is 0 Å². The van der Waals surface area contributed by atoms with Gasteiger partial charge < -0.3 is 10.6 Å². The number of rotatable bonds is 3. The summed E-state index contributed by atoms with van der Waals surface area (Å²) in [5.74, 6) is 0.256. The Kier molecular flexibility index (Phi) is 3.64. The van der Waals surface area contributed by atoms with Gasteiger partial charge in [0, 0.05) is 23.4 Å². The maximum absolute atomic E-state index is 12.8. The van der Waals surface area contributed by atoms with Crippen LogP contribution in [0.3, 0.4) is 0 Å². The number of hydrogen-bond acceptors (Lipinski definition) is 3. The normalized spacial score (nSPS) is 13.5. The van der Waals surface area contributed by atoms with E-state index in [1.165, 1.54) is 24.3 Å². The average Bonchev–Trinajstić information content (AvgIpc) is 3.03. The van der Waals surface area contributed by atoms with Gasteiger partial charge >= 0.3 is 0 Å². The van der Waals surface area contributed by atoms with Crippen LogP contribution in [-0.4, -0.2) is 24.8 Å². The number of aliphatic imine (C=N–C) groups is 1. The lowest BCUT2D eigenvalue weighted by Crippen LogP contribution is -2.19. The van der Waals surface area contributed by atoms with E-state index in [1.807, 2.05) is 24.3 Å². The topological polar surface area (TPSA) is 53.5 Å². The molecule has 21 heavy (non-hydrogen) atoms. The van der Waals surface area contributed by atoms with Crippen LogP contribution in [0.25, 0.3) is 0 Å². The van der Waals surface area contributed by atoms with Gasteiger partial charge in [0.1, 0.15) is 11.7 Å². The molecule has 2 N–H and O–H groups in total. The Labute approximate surface area is 121 Å². The van der Waals surface area contributed by atoms with Crippen molar-refractivity contribution < 1.29 is 9.18 Å². The predicted octanol–water partition coefficient (Wildman–Crippen LogP) is 2.43. The van der Waals surface area contributed by atoms with Crippen LogP contribution in [0.5, 0.6) is 0 Å². The smallest absolute Gasteiger partial charge is 0.255 e. The van der Waals surface area contributed by atoms with Crippen molar-refractivity contribution in [1.82, 2.24) is 5.32 Å². The highest BCUT2D eigenvalue weighted by Gasteiger charge is 2.09. The quantitative estimate of drug-likeness (QED) is 0.909. The largest absolute Gasteiger partial charge is 0.368 e. The van der Waals surface area contributed by atoms with Crippen molar-refractivity contribution in [2.45, 2.75) is 0 Å². The first-order valence-electron chi connectivity index (χ1n) is 6.68. The van der Waals surface area contributed by atoms with E-state index in [1.54, 1.807) is 0 Å². The summed E-state index contributed by atoms with van der Waals surface area (Å²) in [6, 6.07) is 12.9. The van der Waals surface area contributed by atoms with Crippen LogP contribution in [-0.2, 0) is 0 Å². The Morgan fingerprint density at radius 2 is 1.81 bits per heavy atom. The van der Waals surface area contributed by atoms with E-state index in [2.05, 4.69) is 15.6 Å². The Balaban J connectivity index is 1.70. The summed E-state index contributed by atoms with van der Waals surface area (Å²) >= 11 is 0. The maximum Gasteiger partial charge on any atom is 0.255 e. The summed E-state index contributed by atoms with van der Waals surface area (Å²) in [6.45, 7) is 1.65. The molecule has 1 amide bonds. The Bertz CT molecular complexity index is 678. The highest BCUT2D eigenvalue weighted by molar-refractivity contribution is 6.05. The number of amidine groups is 1. The van der Waals surface area contributed by atoms with Crippen molar-refractivity contribution in [3.05, 3.63) is 65.5 Å². The van der Waals surface area contributed by atoms with E-state index in [9.17, 15) is 9.18 Å². The van der Waals surface area contributed by atoms with E-state index < -0.39 is 0 Å². The molecule has 0 bridgehead atoms. The number of benzene rings is 2. The lowest BCUT2D eigenvalue weighted by Gasteiger charge is -2.07. The van der Waals surface area contributed by atoms with E-state index in [-0.39, 0.29) is 11.7 Å². The molecule has 106 valence electrons. The minimum Gasteiger partial charge on any atom is -0.368 e. The molecule has 1 heterocycles. The monoisotopic (exact) mass is 283 g/mol. The molecule has 0 radical (unpaired) electrons. The van der Waals surface area contributed by atoms with Crippen molar-refractivity contribution in [3.8, 4) is 0 Å². The van der Waals surface area contributed by atoms with Crippen LogP contribution in [0.15, 0.2) is 53.5 Å². The number of halogens is 1. The Morgan fingerprint density at radius 1 is 1.10 bits per heavy atom. The second-order valence-corrected chi connectivity index (χ2v) is 4.70. The van der Waals surface area contributed by atoms with E-state index in [0.717, 1.165) is 24.5 Å². The standard InChI is InChI=1S/C16H14FN3O/c17-13-5-1-12(2-6-13)16(21)20-14-7-3-11(4-8-14)15-18-9-10-19-15/h1-8H,9-10H2,(H,18,19)(H,20,21). The molecular formula is C16H14FN3O. The molecule has 0 unspecified atom stereocenters. The minimum atomic E-state index is -0.360. The highest BCUT2D eigenvalue weighted by atomic mass is 19.1. The van der Waals surface area contributed by atoms with Gasteiger partial charge in [-0.25, -0.2) is 4.39 Å². The van der Waals surface area contributed by atoms with Gasteiger partial charge in [-0.15, -0.1) is 0 Å². The molecule has 0 aliphatic carbocycles. The van der Waals surface area contributed by atoms with Gasteiger partial charge in [-0.3, -0.25) is 9.79 Å². The summed E-state index contributed by atoms with van der Waals surface area (Å²) in [6.07, 6.45) is 0. The van der Waals surface area contributed by atoms with Crippen LogP contribution in [0.4, 0.5) is 10.1 Å². The van der Waals surface area contributed by atoms with Gasteiger partial charge in [0.15, 0.2) is 0 Å². The van der Waals surface area contributed by atoms with Crippen molar-refractivity contribution in [3.63, 3.8) is 0 Å². The lowest BCUT2D eigenvalue weighted by molar-refractivity contribution is 0.102. The molecule has 5 heteroatoms. The zero-order valence-corrected chi connectivity index (χ0v) is 11.3. The average molecular weight is 283 g/mol. The molecule has 0 fully saturated rings. The molecule has 3 rings (SSSR count). The number of nitrogens with one attached hydrogen (secondary N) is 2.